The lowest BCUT2D eigenvalue weighted by atomic mass is 10.0. The highest BCUT2D eigenvalue weighted by Crippen LogP contribution is 2.34. The molecule has 0 bridgehead atoms. The quantitative estimate of drug-likeness (QED) is 0.924. The second kappa shape index (κ2) is 6.35. The third-order valence-electron chi connectivity index (χ3n) is 2.93. The first-order chi connectivity index (χ1) is 9.55. The Bertz CT molecular complexity index is 594. The van der Waals surface area contributed by atoms with E-state index < -0.39 is 6.10 Å². The van der Waals surface area contributed by atoms with E-state index in [0.29, 0.717) is 32.7 Å². The third kappa shape index (κ3) is 3.18. The van der Waals surface area contributed by atoms with Crippen LogP contribution in [0.3, 0.4) is 0 Å². The number of hydrogen-bond donors (Lipinski definition) is 1. The Balaban J connectivity index is 2.48. The van der Waals surface area contributed by atoms with Gasteiger partial charge in [-0.15, -0.1) is 0 Å². The lowest BCUT2D eigenvalue weighted by Crippen LogP contribution is -2.03. The molecule has 3 nitrogen and oxygen atoms in total. The van der Waals surface area contributed by atoms with E-state index in [9.17, 15) is 5.11 Å². The molecule has 0 radical (unpaired) electrons. The van der Waals surface area contributed by atoms with Crippen molar-refractivity contribution in [3.8, 4) is 11.5 Å². The van der Waals surface area contributed by atoms with E-state index in [0.717, 1.165) is 0 Å². The highest BCUT2D eigenvalue weighted by molar-refractivity contribution is 6.34. The van der Waals surface area contributed by atoms with Crippen molar-refractivity contribution >= 4 is 23.2 Å². The van der Waals surface area contributed by atoms with Crippen LogP contribution in [0.1, 0.15) is 17.2 Å². The molecule has 0 saturated heterocycles. The molecule has 1 unspecified atom stereocenters. The number of ether oxygens (including phenoxy) is 2. The monoisotopic (exact) mass is 312 g/mol. The van der Waals surface area contributed by atoms with Crippen LogP contribution in [-0.2, 0) is 0 Å². The normalized spacial score (nSPS) is 12.1. The van der Waals surface area contributed by atoms with Gasteiger partial charge in [-0.25, -0.2) is 0 Å². The number of benzene rings is 2. The Labute approximate surface area is 127 Å². The molecule has 1 N–H and O–H groups in total. The largest absolute Gasteiger partial charge is 0.497 e. The van der Waals surface area contributed by atoms with Crippen LogP contribution in [0.25, 0.3) is 0 Å². The number of methoxy groups -OCH3 is 2. The SMILES string of the molecule is COc1ccc(OC)c(C(O)c2cc(Cl)cc(Cl)c2)c1. The fourth-order valence-electron chi connectivity index (χ4n) is 1.97. The van der Waals surface area contributed by atoms with Gasteiger partial charge < -0.3 is 14.6 Å². The first kappa shape index (κ1) is 15.0. The van der Waals surface area contributed by atoms with Crippen molar-refractivity contribution in [2.24, 2.45) is 0 Å². The summed E-state index contributed by atoms with van der Waals surface area (Å²) in [6.45, 7) is 0. The molecule has 0 amide bonds. The smallest absolute Gasteiger partial charge is 0.125 e. The first-order valence-electron chi connectivity index (χ1n) is 5.91. The van der Waals surface area contributed by atoms with Crippen LogP contribution >= 0.6 is 23.2 Å². The van der Waals surface area contributed by atoms with E-state index >= 15 is 0 Å². The zero-order valence-corrected chi connectivity index (χ0v) is 12.6. The predicted molar refractivity (Wildman–Crippen MR) is 80.1 cm³/mol. The second-order valence-electron chi connectivity index (χ2n) is 4.21. The maximum absolute atomic E-state index is 10.5. The summed E-state index contributed by atoms with van der Waals surface area (Å²) in [6.07, 6.45) is -0.906. The number of rotatable bonds is 4. The minimum Gasteiger partial charge on any atom is -0.497 e. The average Bonchev–Trinajstić information content (AvgIpc) is 2.44. The van der Waals surface area contributed by atoms with E-state index in [1.54, 1.807) is 50.6 Å². The fraction of sp³-hybridized carbons (Fsp3) is 0.200. The molecule has 0 aliphatic rings. The van der Waals surface area contributed by atoms with E-state index in [4.69, 9.17) is 32.7 Å². The van der Waals surface area contributed by atoms with E-state index in [-0.39, 0.29) is 0 Å². The van der Waals surface area contributed by atoms with Crippen molar-refractivity contribution < 1.29 is 14.6 Å². The molecule has 0 fully saturated rings. The van der Waals surface area contributed by atoms with Gasteiger partial charge in [0, 0.05) is 15.6 Å². The molecule has 0 saturated carbocycles. The van der Waals surface area contributed by atoms with Gasteiger partial charge in [-0.3, -0.25) is 0 Å². The molecule has 1 atom stereocenters. The summed E-state index contributed by atoms with van der Waals surface area (Å²) in [7, 11) is 3.11. The van der Waals surface area contributed by atoms with Gasteiger partial charge in [0.05, 0.1) is 14.2 Å². The van der Waals surface area contributed by atoms with Crippen LogP contribution in [0, 0.1) is 0 Å². The predicted octanol–water partition coefficient (Wildman–Crippen LogP) is 4.09. The van der Waals surface area contributed by atoms with Gasteiger partial charge in [0.15, 0.2) is 0 Å². The van der Waals surface area contributed by atoms with Gasteiger partial charge >= 0.3 is 0 Å². The average molecular weight is 313 g/mol. The van der Waals surface area contributed by atoms with Gasteiger partial charge in [0.25, 0.3) is 0 Å². The van der Waals surface area contributed by atoms with Crippen LogP contribution in [0.4, 0.5) is 0 Å². The van der Waals surface area contributed by atoms with Gasteiger partial charge in [0.2, 0.25) is 0 Å². The van der Waals surface area contributed by atoms with Gasteiger partial charge in [-0.2, -0.15) is 0 Å². The van der Waals surface area contributed by atoms with Crippen LogP contribution in [-0.4, -0.2) is 19.3 Å². The van der Waals surface area contributed by atoms with Crippen LogP contribution in [0.15, 0.2) is 36.4 Å². The van der Waals surface area contributed by atoms with Crippen LogP contribution in [0.5, 0.6) is 11.5 Å². The lowest BCUT2D eigenvalue weighted by Gasteiger charge is -2.16. The molecule has 106 valence electrons. The topological polar surface area (TPSA) is 38.7 Å². The summed E-state index contributed by atoms with van der Waals surface area (Å²) in [5, 5.41) is 11.5. The minimum atomic E-state index is -0.906. The molecule has 0 aliphatic carbocycles. The lowest BCUT2D eigenvalue weighted by molar-refractivity contribution is 0.214. The number of hydrogen-bond acceptors (Lipinski definition) is 3. The summed E-state index contributed by atoms with van der Waals surface area (Å²) in [4.78, 5) is 0. The maximum atomic E-state index is 10.5. The van der Waals surface area contributed by atoms with Crippen molar-refractivity contribution in [1.82, 2.24) is 0 Å². The van der Waals surface area contributed by atoms with E-state index in [1.807, 2.05) is 0 Å². The molecule has 0 heterocycles. The van der Waals surface area contributed by atoms with Gasteiger partial charge in [0.1, 0.15) is 17.6 Å². The van der Waals surface area contributed by atoms with Crippen LogP contribution in [0.2, 0.25) is 10.0 Å². The molecule has 0 aliphatic heterocycles. The molecule has 0 spiro atoms. The highest BCUT2D eigenvalue weighted by atomic mass is 35.5. The molecule has 2 rings (SSSR count). The van der Waals surface area contributed by atoms with Crippen molar-refractivity contribution in [2.45, 2.75) is 6.10 Å². The molecular formula is C15H14Cl2O3. The Kier molecular flexibility index (Phi) is 4.76. The zero-order chi connectivity index (χ0) is 14.7. The van der Waals surface area contributed by atoms with Crippen molar-refractivity contribution in [3.05, 3.63) is 57.6 Å². The highest BCUT2D eigenvalue weighted by Gasteiger charge is 2.17. The summed E-state index contributed by atoms with van der Waals surface area (Å²) >= 11 is 11.9. The maximum Gasteiger partial charge on any atom is 0.125 e. The van der Waals surface area contributed by atoms with Crippen molar-refractivity contribution in [2.75, 3.05) is 14.2 Å². The Morgan fingerprint density at radius 3 is 2.15 bits per heavy atom. The minimum absolute atomic E-state index is 0.466. The fourth-order valence-corrected chi connectivity index (χ4v) is 2.51. The molecule has 0 aromatic heterocycles. The molecule has 2 aromatic carbocycles. The first-order valence-corrected chi connectivity index (χ1v) is 6.66. The van der Waals surface area contributed by atoms with Gasteiger partial charge in [-0.1, -0.05) is 23.2 Å². The molecule has 20 heavy (non-hydrogen) atoms. The summed E-state index contributed by atoms with van der Waals surface area (Å²) in [5.74, 6) is 1.20. The summed E-state index contributed by atoms with van der Waals surface area (Å²) < 4.78 is 10.4. The Hall–Kier alpha value is -1.42. The Morgan fingerprint density at radius 2 is 1.60 bits per heavy atom. The molecule has 2 aromatic rings. The number of aliphatic hydroxyl groups excluding tert-OH is 1. The second-order valence-corrected chi connectivity index (χ2v) is 5.09. The molecule has 5 heteroatoms. The number of aliphatic hydroxyl groups is 1. The summed E-state index contributed by atoms with van der Waals surface area (Å²) in [6, 6.07) is 10.2. The molecular weight excluding hydrogens is 299 g/mol. The van der Waals surface area contributed by atoms with E-state index in [1.165, 1.54) is 0 Å². The van der Waals surface area contributed by atoms with E-state index in [2.05, 4.69) is 0 Å². The standard InChI is InChI=1S/C15H14Cl2O3/c1-19-12-3-4-14(20-2)13(8-12)15(18)9-5-10(16)7-11(17)6-9/h3-8,15,18H,1-2H3. The Morgan fingerprint density at radius 1 is 0.950 bits per heavy atom. The van der Waals surface area contributed by atoms with Gasteiger partial charge in [-0.05, 0) is 42.0 Å². The van der Waals surface area contributed by atoms with Crippen molar-refractivity contribution in [3.63, 3.8) is 0 Å². The number of halogens is 2. The summed E-state index contributed by atoms with van der Waals surface area (Å²) in [5.41, 5.74) is 1.18. The third-order valence-corrected chi connectivity index (χ3v) is 3.37. The zero-order valence-electron chi connectivity index (χ0n) is 11.1. The van der Waals surface area contributed by atoms with Crippen molar-refractivity contribution in [1.29, 1.82) is 0 Å². The van der Waals surface area contributed by atoms with Crippen LogP contribution < -0.4 is 9.47 Å².